The molecule has 0 spiro atoms. The standard InChI is InChI=1S/C27H33N3O3S/c1-19-10-20(2)14-30(13-19)15-22-6-4-21(5-7-22)12-28-27(31)23-8-9-25(26(11-23)32-3)33-16-24-17-34-18-29-24/h4-9,11,17-20H,10,12-16H2,1-3H3,(H,28,31). The van der Waals surface area contributed by atoms with Crippen molar-refractivity contribution >= 4 is 17.2 Å². The fraction of sp³-hybridized carbons (Fsp3) is 0.407. The summed E-state index contributed by atoms with van der Waals surface area (Å²) < 4.78 is 11.2. The molecule has 34 heavy (non-hydrogen) atoms. The summed E-state index contributed by atoms with van der Waals surface area (Å²) in [6, 6.07) is 13.8. The number of thiazole rings is 1. The summed E-state index contributed by atoms with van der Waals surface area (Å²) in [5.41, 5.74) is 5.55. The zero-order valence-corrected chi connectivity index (χ0v) is 20.9. The van der Waals surface area contributed by atoms with Gasteiger partial charge in [0.25, 0.3) is 5.91 Å². The first-order valence-corrected chi connectivity index (χ1v) is 12.7. The third kappa shape index (κ3) is 6.58. The number of hydrogen-bond donors (Lipinski definition) is 1. The minimum absolute atomic E-state index is 0.148. The van der Waals surface area contributed by atoms with Gasteiger partial charge in [-0.25, -0.2) is 4.98 Å². The van der Waals surface area contributed by atoms with Gasteiger partial charge in [0.1, 0.15) is 6.61 Å². The van der Waals surface area contributed by atoms with E-state index in [1.54, 1.807) is 30.8 Å². The molecule has 1 amide bonds. The van der Waals surface area contributed by atoms with Gasteiger partial charge in [0.05, 0.1) is 18.3 Å². The average molecular weight is 480 g/mol. The number of piperidine rings is 1. The zero-order chi connectivity index (χ0) is 23.9. The second-order valence-electron chi connectivity index (χ2n) is 9.27. The number of carbonyl (C=O) groups excluding carboxylic acids is 1. The van der Waals surface area contributed by atoms with Crippen LogP contribution in [0.2, 0.25) is 0 Å². The summed E-state index contributed by atoms with van der Waals surface area (Å²) in [7, 11) is 1.57. The van der Waals surface area contributed by atoms with E-state index in [4.69, 9.17) is 9.47 Å². The fourth-order valence-electron chi connectivity index (χ4n) is 4.61. The molecule has 6 nitrogen and oxygen atoms in total. The lowest BCUT2D eigenvalue weighted by Crippen LogP contribution is -2.38. The average Bonchev–Trinajstić information content (AvgIpc) is 3.35. The Hall–Kier alpha value is -2.90. The Morgan fingerprint density at radius 3 is 2.50 bits per heavy atom. The first-order valence-electron chi connectivity index (χ1n) is 11.8. The lowest BCUT2D eigenvalue weighted by atomic mass is 9.91. The van der Waals surface area contributed by atoms with Gasteiger partial charge in [-0.2, -0.15) is 0 Å². The van der Waals surface area contributed by atoms with E-state index in [-0.39, 0.29) is 5.91 Å². The van der Waals surface area contributed by atoms with Gasteiger partial charge < -0.3 is 14.8 Å². The predicted molar refractivity (Wildman–Crippen MR) is 135 cm³/mol. The molecule has 0 saturated carbocycles. The van der Waals surface area contributed by atoms with Gasteiger partial charge >= 0.3 is 0 Å². The van der Waals surface area contributed by atoms with Gasteiger partial charge in [-0.15, -0.1) is 11.3 Å². The number of rotatable bonds is 9. The molecule has 0 bridgehead atoms. The van der Waals surface area contributed by atoms with Crippen LogP contribution in [0.5, 0.6) is 11.5 Å². The van der Waals surface area contributed by atoms with Gasteiger partial charge in [0, 0.05) is 37.1 Å². The highest BCUT2D eigenvalue weighted by Gasteiger charge is 2.21. The van der Waals surface area contributed by atoms with E-state index in [0.29, 0.717) is 30.2 Å². The number of hydrogen-bond acceptors (Lipinski definition) is 6. The molecule has 2 aromatic carbocycles. The summed E-state index contributed by atoms with van der Waals surface area (Å²) in [5, 5.41) is 4.94. The number of amides is 1. The maximum absolute atomic E-state index is 12.7. The molecule has 0 aliphatic carbocycles. The van der Waals surface area contributed by atoms with E-state index in [2.05, 4.69) is 53.3 Å². The lowest BCUT2D eigenvalue weighted by molar-refractivity contribution is 0.0950. The van der Waals surface area contributed by atoms with Crippen molar-refractivity contribution in [2.24, 2.45) is 11.8 Å². The van der Waals surface area contributed by atoms with Gasteiger partial charge in [-0.1, -0.05) is 38.1 Å². The Morgan fingerprint density at radius 1 is 1.09 bits per heavy atom. The van der Waals surface area contributed by atoms with Crippen LogP contribution in [-0.4, -0.2) is 36.0 Å². The fourth-order valence-corrected chi connectivity index (χ4v) is 5.16. The quantitative estimate of drug-likeness (QED) is 0.460. The minimum atomic E-state index is -0.148. The number of methoxy groups -OCH3 is 1. The highest BCUT2D eigenvalue weighted by atomic mass is 32.1. The van der Waals surface area contributed by atoms with Crippen LogP contribution in [0, 0.1) is 11.8 Å². The molecule has 2 heterocycles. The summed E-state index contributed by atoms with van der Waals surface area (Å²) in [4.78, 5) is 19.5. The molecular weight excluding hydrogens is 446 g/mol. The maximum atomic E-state index is 12.7. The normalized spacial score (nSPS) is 18.4. The Bertz CT molecular complexity index is 1060. The number of aromatic nitrogens is 1. The highest BCUT2D eigenvalue weighted by Crippen LogP contribution is 2.29. The van der Waals surface area contributed by atoms with Gasteiger partial charge in [0.2, 0.25) is 0 Å². The van der Waals surface area contributed by atoms with Crippen molar-refractivity contribution in [3.05, 3.63) is 75.7 Å². The van der Waals surface area contributed by atoms with Crippen molar-refractivity contribution in [1.82, 2.24) is 15.2 Å². The maximum Gasteiger partial charge on any atom is 0.251 e. The molecule has 3 aromatic rings. The van der Waals surface area contributed by atoms with Gasteiger partial charge in [-0.05, 0) is 47.6 Å². The third-order valence-corrected chi connectivity index (χ3v) is 6.75. The molecule has 180 valence electrons. The van der Waals surface area contributed by atoms with Crippen LogP contribution in [0.15, 0.2) is 53.4 Å². The molecular formula is C27H33N3O3S. The molecule has 1 aliphatic heterocycles. The number of benzene rings is 2. The molecule has 1 aromatic heterocycles. The van der Waals surface area contributed by atoms with Crippen molar-refractivity contribution in [3.8, 4) is 11.5 Å². The Balaban J connectivity index is 1.29. The number of nitrogens with one attached hydrogen (secondary N) is 1. The molecule has 1 N–H and O–H groups in total. The number of nitrogens with zero attached hydrogens (tertiary/aromatic N) is 2. The number of carbonyl (C=O) groups is 1. The smallest absolute Gasteiger partial charge is 0.251 e. The van der Waals surface area contributed by atoms with Crippen molar-refractivity contribution in [1.29, 1.82) is 0 Å². The number of ether oxygens (including phenoxy) is 2. The molecule has 1 aliphatic rings. The minimum Gasteiger partial charge on any atom is -0.493 e. The SMILES string of the molecule is COc1cc(C(=O)NCc2ccc(CN3CC(C)CC(C)C3)cc2)ccc1OCc1cscn1. The Kier molecular flexibility index (Phi) is 8.19. The van der Waals surface area contributed by atoms with Crippen molar-refractivity contribution in [3.63, 3.8) is 0 Å². The van der Waals surface area contributed by atoms with E-state index in [9.17, 15) is 4.79 Å². The van der Waals surface area contributed by atoms with Crippen molar-refractivity contribution in [2.75, 3.05) is 20.2 Å². The third-order valence-electron chi connectivity index (χ3n) is 6.11. The van der Waals surface area contributed by atoms with Crippen LogP contribution < -0.4 is 14.8 Å². The van der Waals surface area contributed by atoms with Crippen LogP contribution in [0.4, 0.5) is 0 Å². The predicted octanol–water partition coefficient (Wildman–Crippen LogP) is 5.14. The second kappa shape index (κ2) is 11.5. The van der Waals surface area contributed by atoms with Gasteiger partial charge in [0.15, 0.2) is 11.5 Å². The van der Waals surface area contributed by atoms with E-state index in [1.807, 2.05) is 5.38 Å². The van der Waals surface area contributed by atoms with Crippen molar-refractivity contribution < 1.29 is 14.3 Å². The molecule has 1 saturated heterocycles. The monoisotopic (exact) mass is 479 g/mol. The number of likely N-dealkylation sites (tertiary alicyclic amines) is 1. The zero-order valence-electron chi connectivity index (χ0n) is 20.1. The van der Waals surface area contributed by atoms with Crippen LogP contribution >= 0.6 is 11.3 Å². The Morgan fingerprint density at radius 2 is 1.82 bits per heavy atom. The molecule has 0 radical (unpaired) electrons. The molecule has 4 rings (SSSR count). The molecule has 7 heteroatoms. The van der Waals surface area contributed by atoms with Crippen LogP contribution in [0.1, 0.15) is 47.4 Å². The van der Waals surface area contributed by atoms with Crippen LogP contribution in [0.25, 0.3) is 0 Å². The first kappa shape index (κ1) is 24.2. The lowest BCUT2D eigenvalue weighted by Gasteiger charge is -2.35. The summed E-state index contributed by atoms with van der Waals surface area (Å²) in [6.45, 7) is 8.83. The summed E-state index contributed by atoms with van der Waals surface area (Å²) in [5.74, 6) is 2.48. The second-order valence-corrected chi connectivity index (χ2v) is 9.99. The van der Waals surface area contributed by atoms with E-state index in [0.717, 1.165) is 29.6 Å². The van der Waals surface area contributed by atoms with Crippen LogP contribution in [-0.2, 0) is 19.7 Å². The van der Waals surface area contributed by atoms with E-state index in [1.165, 1.54) is 36.4 Å². The van der Waals surface area contributed by atoms with Crippen LogP contribution in [0.3, 0.4) is 0 Å². The largest absolute Gasteiger partial charge is 0.493 e. The molecule has 1 fully saturated rings. The topological polar surface area (TPSA) is 63.7 Å². The molecule has 2 atom stereocenters. The summed E-state index contributed by atoms with van der Waals surface area (Å²) >= 11 is 1.53. The Labute approximate surface area is 205 Å². The first-order chi connectivity index (χ1) is 16.5. The highest BCUT2D eigenvalue weighted by molar-refractivity contribution is 7.07. The van der Waals surface area contributed by atoms with E-state index >= 15 is 0 Å². The van der Waals surface area contributed by atoms with Gasteiger partial charge in [-0.3, -0.25) is 9.69 Å². The molecule has 2 unspecified atom stereocenters. The van der Waals surface area contributed by atoms with E-state index < -0.39 is 0 Å². The summed E-state index contributed by atoms with van der Waals surface area (Å²) in [6.07, 6.45) is 1.32. The van der Waals surface area contributed by atoms with Crippen molar-refractivity contribution in [2.45, 2.75) is 40.0 Å².